The van der Waals surface area contributed by atoms with Gasteiger partial charge in [0.1, 0.15) is 18.1 Å². The fraction of sp³-hybridized carbons (Fsp3) is 0.800. The second-order valence-electron chi connectivity index (χ2n) is 7.69. The van der Waals surface area contributed by atoms with Gasteiger partial charge in [-0.15, -0.1) is 0 Å². The van der Waals surface area contributed by atoms with Crippen molar-refractivity contribution in [3.8, 4) is 0 Å². The molecular formula is C20H39N5O5S. The Kier molecular flexibility index (Phi) is 14.9. The molecule has 0 heterocycles. The first-order valence-corrected chi connectivity index (χ1v) is 12.1. The Morgan fingerprint density at radius 2 is 1.55 bits per heavy atom. The lowest BCUT2D eigenvalue weighted by molar-refractivity contribution is -0.142. The molecule has 0 saturated heterocycles. The first-order valence-electron chi connectivity index (χ1n) is 10.7. The third-order valence-electron chi connectivity index (χ3n) is 5.01. The number of amides is 3. The van der Waals surface area contributed by atoms with Crippen LogP contribution < -0.4 is 27.4 Å². The number of carboxylic acid groups (broad SMARTS) is 1. The molecule has 180 valence electrons. The summed E-state index contributed by atoms with van der Waals surface area (Å²) in [7, 11) is 0. The zero-order chi connectivity index (χ0) is 24.0. The van der Waals surface area contributed by atoms with E-state index in [-0.39, 0.29) is 12.3 Å². The topological polar surface area (TPSA) is 177 Å². The number of carboxylic acids is 1. The van der Waals surface area contributed by atoms with Gasteiger partial charge in [0.05, 0.1) is 6.04 Å². The van der Waals surface area contributed by atoms with Gasteiger partial charge < -0.3 is 32.5 Å². The first-order chi connectivity index (χ1) is 14.6. The number of rotatable bonds is 16. The molecule has 0 aromatic rings. The van der Waals surface area contributed by atoms with Crippen LogP contribution in [0.15, 0.2) is 0 Å². The van der Waals surface area contributed by atoms with Crippen LogP contribution >= 0.6 is 11.8 Å². The average Bonchev–Trinajstić information content (AvgIpc) is 2.72. The summed E-state index contributed by atoms with van der Waals surface area (Å²) in [4.78, 5) is 49.3. The van der Waals surface area contributed by atoms with E-state index in [0.717, 1.165) is 0 Å². The number of carbonyl (C=O) groups excluding carboxylic acids is 3. The van der Waals surface area contributed by atoms with Gasteiger partial charge in [0.15, 0.2) is 0 Å². The lowest BCUT2D eigenvalue weighted by atomic mass is 9.97. The Morgan fingerprint density at radius 1 is 0.935 bits per heavy atom. The predicted octanol–water partition coefficient (Wildman–Crippen LogP) is -0.199. The van der Waals surface area contributed by atoms with Gasteiger partial charge in [-0.05, 0) is 57.1 Å². The zero-order valence-electron chi connectivity index (χ0n) is 19.0. The summed E-state index contributed by atoms with van der Waals surface area (Å²) in [5.41, 5.74) is 11.1. The Labute approximate surface area is 189 Å². The summed E-state index contributed by atoms with van der Waals surface area (Å²) in [5.74, 6) is -2.29. The minimum Gasteiger partial charge on any atom is -0.480 e. The molecule has 0 spiro atoms. The molecule has 5 atom stereocenters. The second kappa shape index (κ2) is 15.9. The van der Waals surface area contributed by atoms with Gasteiger partial charge in [-0.3, -0.25) is 14.4 Å². The fourth-order valence-electron chi connectivity index (χ4n) is 2.78. The molecule has 0 aliphatic rings. The maximum absolute atomic E-state index is 12.9. The van der Waals surface area contributed by atoms with E-state index >= 15 is 0 Å². The van der Waals surface area contributed by atoms with Crippen molar-refractivity contribution in [2.24, 2.45) is 17.4 Å². The summed E-state index contributed by atoms with van der Waals surface area (Å²) in [6.45, 7) is 5.66. The molecule has 0 aromatic carbocycles. The fourth-order valence-corrected chi connectivity index (χ4v) is 3.25. The van der Waals surface area contributed by atoms with Crippen LogP contribution in [0.1, 0.15) is 52.9 Å². The van der Waals surface area contributed by atoms with Crippen LogP contribution in [0.2, 0.25) is 0 Å². The molecule has 10 nitrogen and oxygen atoms in total. The molecule has 3 amide bonds. The van der Waals surface area contributed by atoms with Crippen LogP contribution in [0.25, 0.3) is 0 Å². The van der Waals surface area contributed by atoms with Crippen LogP contribution in [0.4, 0.5) is 0 Å². The molecule has 0 saturated carbocycles. The first kappa shape index (κ1) is 29.1. The van der Waals surface area contributed by atoms with Gasteiger partial charge in [0.25, 0.3) is 0 Å². The zero-order valence-corrected chi connectivity index (χ0v) is 19.8. The molecule has 0 aromatic heterocycles. The molecule has 8 N–H and O–H groups in total. The molecule has 0 radical (unpaired) electrons. The van der Waals surface area contributed by atoms with Gasteiger partial charge in [-0.1, -0.05) is 20.3 Å². The largest absolute Gasteiger partial charge is 0.480 e. The van der Waals surface area contributed by atoms with E-state index in [1.807, 2.05) is 20.1 Å². The molecule has 0 rings (SSSR count). The average molecular weight is 462 g/mol. The number of nitrogens with one attached hydrogen (secondary N) is 3. The van der Waals surface area contributed by atoms with E-state index in [1.165, 1.54) is 18.7 Å². The standard InChI is InChI=1S/C20H39N5O5S/c1-5-12(2)16(25-17(26)13(3)22)19(28)23-14(8-6-7-10-21)18(27)24-15(20(29)30)9-11-31-4/h12-16H,5-11,21-22H2,1-4H3,(H,23,28)(H,24,27)(H,25,26)(H,29,30). The highest BCUT2D eigenvalue weighted by Gasteiger charge is 2.31. The molecule has 5 unspecified atom stereocenters. The van der Waals surface area contributed by atoms with Crippen LogP contribution in [0, 0.1) is 5.92 Å². The number of carbonyl (C=O) groups is 4. The number of unbranched alkanes of at least 4 members (excludes halogenated alkanes) is 1. The summed E-state index contributed by atoms with van der Waals surface area (Å²) >= 11 is 1.48. The van der Waals surface area contributed by atoms with Crippen LogP contribution in [0.5, 0.6) is 0 Å². The number of hydrogen-bond acceptors (Lipinski definition) is 7. The van der Waals surface area contributed by atoms with E-state index in [9.17, 15) is 24.3 Å². The molecule has 11 heteroatoms. The number of thioether (sulfide) groups is 1. The molecule has 0 aliphatic heterocycles. The van der Waals surface area contributed by atoms with Gasteiger partial charge >= 0.3 is 5.97 Å². The van der Waals surface area contributed by atoms with E-state index in [0.29, 0.717) is 38.0 Å². The van der Waals surface area contributed by atoms with E-state index in [4.69, 9.17) is 11.5 Å². The third kappa shape index (κ3) is 11.4. The third-order valence-corrected chi connectivity index (χ3v) is 5.66. The number of nitrogens with two attached hydrogens (primary N) is 2. The summed E-state index contributed by atoms with van der Waals surface area (Å²) in [5, 5.41) is 17.2. The van der Waals surface area contributed by atoms with E-state index < -0.39 is 47.9 Å². The van der Waals surface area contributed by atoms with Crippen LogP contribution in [-0.4, -0.2) is 71.5 Å². The van der Waals surface area contributed by atoms with Crippen molar-refractivity contribution in [2.75, 3.05) is 18.6 Å². The van der Waals surface area contributed by atoms with Gasteiger partial charge in [0, 0.05) is 0 Å². The minimum absolute atomic E-state index is 0.191. The maximum Gasteiger partial charge on any atom is 0.326 e. The quantitative estimate of drug-likeness (QED) is 0.171. The van der Waals surface area contributed by atoms with Crippen molar-refractivity contribution in [3.63, 3.8) is 0 Å². The number of hydrogen-bond donors (Lipinski definition) is 6. The van der Waals surface area contributed by atoms with Crippen molar-refractivity contribution < 1.29 is 24.3 Å². The second-order valence-corrected chi connectivity index (χ2v) is 8.67. The number of aliphatic carboxylic acids is 1. The maximum atomic E-state index is 12.9. The SMILES string of the molecule is CCC(C)C(NC(=O)C(C)N)C(=O)NC(CCCCN)C(=O)NC(CCSC)C(=O)O. The molecular weight excluding hydrogens is 422 g/mol. The monoisotopic (exact) mass is 461 g/mol. The summed E-state index contributed by atoms with van der Waals surface area (Å²) in [6, 6.07) is -3.62. The lowest BCUT2D eigenvalue weighted by Gasteiger charge is -2.27. The Bertz CT molecular complexity index is 590. The molecule has 0 fully saturated rings. The van der Waals surface area contributed by atoms with Crippen molar-refractivity contribution in [3.05, 3.63) is 0 Å². The van der Waals surface area contributed by atoms with Crippen molar-refractivity contribution in [1.29, 1.82) is 0 Å². The Morgan fingerprint density at radius 3 is 2.03 bits per heavy atom. The van der Waals surface area contributed by atoms with E-state index in [1.54, 1.807) is 0 Å². The van der Waals surface area contributed by atoms with Crippen LogP contribution in [-0.2, 0) is 19.2 Å². The van der Waals surface area contributed by atoms with Gasteiger partial charge in [-0.2, -0.15) is 11.8 Å². The summed E-state index contributed by atoms with van der Waals surface area (Å²) < 4.78 is 0. The lowest BCUT2D eigenvalue weighted by Crippen LogP contribution is -2.58. The Hall–Kier alpha value is -1.85. The van der Waals surface area contributed by atoms with Gasteiger partial charge in [0.2, 0.25) is 17.7 Å². The highest BCUT2D eigenvalue weighted by atomic mass is 32.2. The molecule has 0 aliphatic carbocycles. The normalized spacial score (nSPS) is 15.8. The molecule has 0 bridgehead atoms. The predicted molar refractivity (Wildman–Crippen MR) is 122 cm³/mol. The van der Waals surface area contributed by atoms with Crippen molar-refractivity contribution in [1.82, 2.24) is 16.0 Å². The minimum atomic E-state index is -1.13. The smallest absolute Gasteiger partial charge is 0.326 e. The Balaban J connectivity index is 5.43. The summed E-state index contributed by atoms with van der Waals surface area (Å²) in [6.07, 6.45) is 4.28. The van der Waals surface area contributed by atoms with Gasteiger partial charge in [-0.25, -0.2) is 4.79 Å². The molecule has 31 heavy (non-hydrogen) atoms. The van der Waals surface area contributed by atoms with Crippen molar-refractivity contribution in [2.45, 2.75) is 77.0 Å². The van der Waals surface area contributed by atoms with E-state index in [2.05, 4.69) is 16.0 Å². The highest BCUT2D eigenvalue weighted by Crippen LogP contribution is 2.11. The highest BCUT2D eigenvalue weighted by molar-refractivity contribution is 7.98. The van der Waals surface area contributed by atoms with Crippen molar-refractivity contribution >= 4 is 35.5 Å². The van der Waals surface area contributed by atoms with Crippen LogP contribution in [0.3, 0.4) is 0 Å².